The molecule has 1 aliphatic heterocycles. The van der Waals surface area contributed by atoms with Gasteiger partial charge in [0.25, 0.3) is 0 Å². The number of rotatable bonds is 4. The standard InChI is InChI=1S/C20H17F3N2O3/c1-2-28-18(26)15-16(12-7-4-3-5-8-12)24-19(27)25-17(15)13-9-6-10-14(11-13)20(21,22)23/h3-11,17H,2H2,1H3,(H2,24,25,27). The lowest BCUT2D eigenvalue weighted by Crippen LogP contribution is -2.45. The number of hydrogen-bond donors (Lipinski definition) is 2. The van der Waals surface area contributed by atoms with Gasteiger partial charge in [0.1, 0.15) is 0 Å². The Bertz CT molecular complexity index is 924. The molecule has 0 saturated heterocycles. The highest BCUT2D eigenvalue weighted by atomic mass is 19.4. The molecule has 3 rings (SSSR count). The summed E-state index contributed by atoms with van der Waals surface area (Å²) in [4.78, 5) is 24.9. The molecule has 0 bridgehead atoms. The molecule has 8 heteroatoms. The molecule has 0 aliphatic carbocycles. The van der Waals surface area contributed by atoms with Gasteiger partial charge in [-0.15, -0.1) is 0 Å². The van der Waals surface area contributed by atoms with E-state index in [1.807, 2.05) is 0 Å². The molecule has 2 amide bonds. The molecule has 1 heterocycles. The molecule has 0 fully saturated rings. The van der Waals surface area contributed by atoms with Crippen LogP contribution in [0, 0.1) is 0 Å². The molecule has 1 unspecified atom stereocenters. The van der Waals surface area contributed by atoms with E-state index in [-0.39, 0.29) is 23.4 Å². The van der Waals surface area contributed by atoms with Crippen molar-refractivity contribution in [1.29, 1.82) is 0 Å². The maximum Gasteiger partial charge on any atom is 0.416 e. The number of halogens is 3. The van der Waals surface area contributed by atoms with Crippen molar-refractivity contribution in [3.05, 3.63) is 76.9 Å². The van der Waals surface area contributed by atoms with Crippen molar-refractivity contribution in [2.24, 2.45) is 0 Å². The fraction of sp³-hybridized carbons (Fsp3) is 0.200. The maximum absolute atomic E-state index is 13.1. The first-order valence-corrected chi connectivity index (χ1v) is 8.52. The summed E-state index contributed by atoms with van der Waals surface area (Å²) in [6.45, 7) is 1.70. The SMILES string of the molecule is CCOC(=O)C1=C(c2ccccc2)NC(=O)NC1c1cccc(C(F)(F)F)c1. The van der Waals surface area contributed by atoms with E-state index in [2.05, 4.69) is 10.6 Å². The van der Waals surface area contributed by atoms with E-state index in [1.165, 1.54) is 12.1 Å². The Kier molecular flexibility index (Phi) is 5.39. The Labute approximate surface area is 159 Å². The predicted octanol–water partition coefficient (Wildman–Crippen LogP) is 4.03. The number of hydrogen-bond acceptors (Lipinski definition) is 3. The summed E-state index contributed by atoms with van der Waals surface area (Å²) in [7, 11) is 0. The van der Waals surface area contributed by atoms with E-state index in [4.69, 9.17) is 4.74 Å². The number of amides is 2. The molecular weight excluding hydrogens is 373 g/mol. The molecule has 0 radical (unpaired) electrons. The van der Waals surface area contributed by atoms with E-state index in [0.29, 0.717) is 5.56 Å². The summed E-state index contributed by atoms with van der Waals surface area (Å²) in [5.41, 5.74) is 0.0259. The molecule has 0 aromatic heterocycles. The fourth-order valence-corrected chi connectivity index (χ4v) is 2.97. The summed E-state index contributed by atoms with van der Waals surface area (Å²) in [6, 6.07) is 11.4. The van der Waals surface area contributed by atoms with E-state index >= 15 is 0 Å². The average Bonchev–Trinajstić information content (AvgIpc) is 2.67. The second-order valence-electron chi connectivity index (χ2n) is 6.03. The van der Waals surface area contributed by atoms with Gasteiger partial charge in [0, 0.05) is 0 Å². The highest BCUT2D eigenvalue weighted by Crippen LogP contribution is 2.35. The van der Waals surface area contributed by atoms with Gasteiger partial charge in [-0.3, -0.25) is 0 Å². The zero-order valence-electron chi connectivity index (χ0n) is 14.8. The van der Waals surface area contributed by atoms with Gasteiger partial charge in [-0.2, -0.15) is 13.2 Å². The van der Waals surface area contributed by atoms with Crippen LogP contribution >= 0.6 is 0 Å². The Morgan fingerprint density at radius 3 is 2.46 bits per heavy atom. The van der Waals surface area contributed by atoms with Crippen molar-refractivity contribution in [3.8, 4) is 0 Å². The molecule has 2 aromatic carbocycles. The van der Waals surface area contributed by atoms with Crippen LogP contribution in [0.2, 0.25) is 0 Å². The smallest absolute Gasteiger partial charge is 0.416 e. The monoisotopic (exact) mass is 390 g/mol. The molecule has 2 N–H and O–H groups in total. The van der Waals surface area contributed by atoms with E-state index in [9.17, 15) is 22.8 Å². The number of benzene rings is 2. The number of nitrogens with one attached hydrogen (secondary N) is 2. The van der Waals surface area contributed by atoms with E-state index in [0.717, 1.165) is 12.1 Å². The molecule has 2 aromatic rings. The molecule has 0 spiro atoms. The minimum absolute atomic E-state index is 0.0342. The van der Waals surface area contributed by atoms with Crippen LogP contribution in [0.1, 0.15) is 29.7 Å². The first-order chi connectivity index (χ1) is 13.3. The Morgan fingerprint density at radius 2 is 1.82 bits per heavy atom. The summed E-state index contributed by atoms with van der Waals surface area (Å²) in [5.74, 6) is -0.726. The lowest BCUT2D eigenvalue weighted by atomic mass is 9.92. The number of esters is 1. The third kappa shape index (κ3) is 4.00. The van der Waals surface area contributed by atoms with Crippen LogP contribution in [0.3, 0.4) is 0 Å². The maximum atomic E-state index is 13.1. The van der Waals surface area contributed by atoms with Crippen LogP contribution in [0.15, 0.2) is 60.2 Å². The Balaban J connectivity index is 2.18. The zero-order chi connectivity index (χ0) is 20.3. The third-order valence-electron chi connectivity index (χ3n) is 4.18. The fourth-order valence-electron chi connectivity index (χ4n) is 2.97. The minimum Gasteiger partial charge on any atom is -0.463 e. The third-order valence-corrected chi connectivity index (χ3v) is 4.18. The quantitative estimate of drug-likeness (QED) is 0.775. The first-order valence-electron chi connectivity index (χ1n) is 8.52. The van der Waals surface area contributed by atoms with Gasteiger partial charge in [0.15, 0.2) is 0 Å². The largest absolute Gasteiger partial charge is 0.463 e. The van der Waals surface area contributed by atoms with Crippen LogP contribution in [0.25, 0.3) is 5.70 Å². The molecule has 1 aliphatic rings. The second-order valence-corrected chi connectivity index (χ2v) is 6.03. The summed E-state index contributed by atoms with van der Waals surface area (Å²) in [5, 5.41) is 5.10. The van der Waals surface area contributed by atoms with Crippen LogP contribution in [-0.2, 0) is 15.7 Å². The minimum atomic E-state index is -4.55. The highest BCUT2D eigenvalue weighted by Gasteiger charge is 2.36. The normalized spacial score (nSPS) is 17.0. The Morgan fingerprint density at radius 1 is 1.11 bits per heavy atom. The number of carbonyl (C=O) groups excluding carboxylic acids is 2. The van der Waals surface area contributed by atoms with Crippen LogP contribution in [-0.4, -0.2) is 18.6 Å². The summed E-state index contributed by atoms with van der Waals surface area (Å²) >= 11 is 0. The van der Waals surface area contributed by atoms with Crippen molar-refractivity contribution >= 4 is 17.7 Å². The van der Waals surface area contributed by atoms with Crippen molar-refractivity contribution in [1.82, 2.24) is 10.6 Å². The lowest BCUT2D eigenvalue weighted by Gasteiger charge is -2.29. The van der Waals surface area contributed by atoms with E-state index < -0.39 is 29.8 Å². The van der Waals surface area contributed by atoms with Gasteiger partial charge in [-0.05, 0) is 30.2 Å². The van der Waals surface area contributed by atoms with Gasteiger partial charge in [-0.25, -0.2) is 9.59 Å². The molecule has 28 heavy (non-hydrogen) atoms. The number of alkyl halides is 3. The van der Waals surface area contributed by atoms with Crippen LogP contribution < -0.4 is 10.6 Å². The summed E-state index contributed by atoms with van der Waals surface area (Å²) < 4.78 is 44.5. The zero-order valence-corrected chi connectivity index (χ0v) is 14.8. The van der Waals surface area contributed by atoms with Gasteiger partial charge in [-0.1, -0.05) is 42.5 Å². The summed E-state index contributed by atoms with van der Waals surface area (Å²) in [6.07, 6.45) is -4.55. The lowest BCUT2D eigenvalue weighted by molar-refractivity contribution is -0.139. The second kappa shape index (κ2) is 7.75. The molecule has 146 valence electrons. The van der Waals surface area contributed by atoms with Gasteiger partial charge in [0.2, 0.25) is 0 Å². The number of carbonyl (C=O) groups is 2. The number of urea groups is 1. The first kappa shape index (κ1) is 19.5. The molecule has 0 saturated carbocycles. The topological polar surface area (TPSA) is 67.4 Å². The average molecular weight is 390 g/mol. The highest BCUT2D eigenvalue weighted by molar-refractivity contribution is 6.04. The molecular formula is C20H17F3N2O3. The predicted molar refractivity (Wildman–Crippen MR) is 95.8 cm³/mol. The van der Waals surface area contributed by atoms with Gasteiger partial charge in [0.05, 0.1) is 29.5 Å². The van der Waals surface area contributed by atoms with Crippen LogP contribution in [0.5, 0.6) is 0 Å². The van der Waals surface area contributed by atoms with Crippen LogP contribution in [0.4, 0.5) is 18.0 Å². The number of ether oxygens (including phenoxy) is 1. The van der Waals surface area contributed by atoms with Crippen molar-refractivity contribution < 1.29 is 27.5 Å². The molecule has 1 atom stereocenters. The van der Waals surface area contributed by atoms with E-state index in [1.54, 1.807) is 37.3 Å². The van der Waals surface area contributed by atoms with Crippen molar-refractivity contribution in [3.63, 3.8) is 0 Å². The Hall–Kier alpha value is -3.29. The van der Waals surface area contributed by atoms with Gasteiger partial charge >= 0.3 is 18.2 Å². The van der Waals surface area contributed by atoms with Crippen molar-refractivity contribution in [2.75, 3.05) is 6.61 Å². The molecule has 5 nitrogen and oxygen atoms in total. The van der Waals surface area contributed by atoms with Crippen molar-refractivity contribution in [2.45, 2.75) is 19.1 Å². The van der Waals surface area contributed by atoms with Gasteiger partial charge < -0.3 is 15.4 Å².